The Morgan fingerprint density at radius 2 is 2.00 bits per heavy atom. The fourth-order valence-electron chi connectivity index (χ4n) is 1.42. The van der Waals surface area contributed by atoms with Crippen molar-refractivity contribution in [2.75, 3.05) is 12.0 Å². The van der Waals surface area contributed by atoms with E-state index in [1.807, 2.05) is 6.92 Å². The predicted molar refractivity (Wildman–Crippen MR) is 80.3 cm³/mol. The quantitative estimate of drug-likeness (QED) is 0.648. The SMILES string of the molecule is CCOc1cc(/C=N/Nc2nc(Cl)nc(Cl)n2)ccc1O. The summed E-state index contributed by atoms with van der Waals surface area (Å²) in [4.78, 5) is 11.2. The summed E-state index contributed by atoms with van der Waals surface area (Å²) in [5.41, 5.74) is 3.29. The van der Waals surface area contributed by atoms with E-state index in [1.54, 1.807) is 12.1 Å². The third kappa shape index (κ3) is 4.44. The molecule has 2 rings (SSSR count). The molecule has 0 unspecified atom stereocenters. The van der Waals surface area contributed by atoms with Gasteiger partial charge in [-0.15, -0.1) is 0 Å². The van der Waals surface area contributed by atoms with Crippen LogP contribution in [-0.4, -0.2) is 32.9 Å². The van der Waals surface area contributed by atoms with Crippen molar-refractivity contribution < 1.29 is 9.84 Å². The van der Waals surface area contributed by atoms with Crippen LogP contribution in [0.15, 0.2) is 23.3 Å². The molecule has 0 bridgehead atoms. The first-order valence-electron chi connectivity index (χ1n) is 5.90. The van der Waals surface area contributed by atoms with Crippen molar-refractivity contribution in [3.63, 3.8) is 0 Å². The van der Waals surface area contributed by atoms with Crippen molar-refractivity contribution in [1.29, 1.82) is 0 Å². The number of hydrogen-bond acceptors (Lipinski definition) is 7. The summed E-state index contributed by atoms with van der Waals surface area (Å²) < 4.78 is 5.27. The molecule has 110 valence electrons. The molecule has 9 heteroatoms. The van der Waals surface area contributed by atoms with Gasteiger partial charge in [-0.25, -0.2) is 5.43 Å². The van der Waals surface area contributed by atoms with Gasteiger partial charge in [0.1, 0.15) is 0 Å². The number of phenols is 1. The number of aromatic nitrogens is 3. The molecular weight excluding hydrogens is 317 g/mol. The number of hydrogen-bond donors (Lipinski definition) is 2. The van der Waals surface area contributed by atoms with Crippen LogP contribution in [0.1, 0.15) is 12.5 Å². The minimum absolute atomic E-state index is 0.0315. The molecule has 2 N–H and O–H groups in total. The van der Waals surface area contributed by atoms with E-state index in [9.17, 15) is 5.11 Å². The van der Waals surface area contributed by atoms with Crippen molar-refractivity contribution in [1.82, 2.24) is 15.0 Å². The summed E-state index contributed by atoms with van der Waals surface area (Å²) in [6.07, 6.45) is 1.51. The van der Waals surface area contributed by atoms with Crippen LogP contribution in [0.2, 0.25) is 10.6 Å². The number of aromatic hydroxyl groups is 1. The number of halogens is 2. The third-order valence-corrected chi connectivity index (χ3v) is 2.58. The van der Waals surface area contributed by atoms with Crippen LogP contribution >= 0.6 is 23.2 Å². The molecule has 0 radical (unpaired) electrons. The third-order valence-electron chi connectivity index (χ3n) is 2.24. The highest BCUT2D eigenvalue weighted by Gasteiger charge is 2.03. The molecular formula is C12H11Cl2N5O2. The predicted octanol–water partition coefficient (Wildman–Crippen LogP) is 2.73. The average Bonchev–Trinajstić information content (AvgIpc) is 2.41. The highest BCUT2D eigenvalue weighted by molar-refractivity contribution is 6.31. The van der Waals surface area contributed by atoms with Gasteiger partial charge in [0.05, 0.1) is 12.8 Å². The van der Waals surface area contributed by atoms with E-state index in [1.165, 1.54) is 12.3 Å². The van der Waals surface area contributed by atoms with Gasteiger partial charge >= 0.3 is 0 Å². The van der Waals surface area contributed by atoms with Crippen molar-refractivity contribution in [3.8, 4) is 11.5 Å². The first-order valence-corrected chi connectivity index (χ1v) is 6.66. The number of rotatable bonds is 5. The number of nitrogens with one attached hydrogen (secondary N) is 1. The first kappa shape index (κ1) is 15.3. The van der Waals surface area contributed by atoms with E-state index in [0.29, 0.717) is 12.4 Å². The summed E-state index contributed by atoms with van der Waals surface area (Å²) in [6, 6.07) is 4.84. The molecule has 0 atom stereocenters. The zero-order valence-electron chi connectivity index (χ0n) is 10.9. The van der Waals surface area contributed by atoms with Crippen molar-refractivity contribution in [3.05, 3.63) is 34.3 Å². The van der Waals surface area contributed by atoms with Gasteiger partial charge < -0.3 is 9.84 Å². The highest BCUT2D eigenvalue weighted by Crippen LogP contribution is 2.26. The molecule has 0 aliphatic carbocycles. The lowest BCUT2D eigenvalue weighted by Gasteiger charge is -2.06. The van der Waals surface area contributed by atoms with E-state index >= 15 is 0 Å². The average molecular weight is 328 g/mol. The number of phenolic OH excluding ortho intramolecular Hbond substituents is 1. The van der Waals surface area contributed by atoms with Gasteiger partial charge in [0.15, 0.2) is 11.5 Å². The van der Waals surface area contributed by atoms with Crippen LogP contribution < -0.4 is 10.2 Å². The van der Waals surface area contributed by atoms with Crippen molar-refractivity contribution in [2.45, 2.75) is 6.92 Å². The zero-order chi connectivity index (χ0) is 15.2. The first-order chi connectivity index (χ1) is 10.1. The summed E-state index contributed by atoms with van der Waals surface area (Å²) in [5.74, 6) is 0.575. The Labute approximate surface area is 130 Å². The fourth-order valence-corrected chi connectivity index (χ4v) is 1.79. The van der Waals surface area contributed by atoms with E-state index in [0.717, 1.165) is 5.56 Å². The van der Waals surface area contributed by atoms with Crippen molar-refractivity contribution in [2.24, 2.45) is 5.10 Å². The maximum atomic E-state index is 9.59. The molecule has 7 nitrogen and oxygen atoms in total. The lowest BCUT2D eigenvalue weighted by atomic mass is 10.2. The molecule has 21 heavy (non-hydrogen) atoms. The largest absolute Gasteiger partial charge is 0.504 e. The van der Waals surface area contributed by atoms with E-state index < -0.39 is 0 Å². The molecule has 0 amide bonds. The fraction of sp³-hybridized carbons (Fsp3) is 0.167. The van der Waals surface area contributed by atoms with Gasteiger partial charge in [0, 0.05) is 0 Å². The normalized spacial score (nSPS) is 10.8. The van der Waals surface area contributed by atoms with Crippen LogP contribution in [0.3, 0.4) is 0 Å². The van der Waals surface area contributed by atoms with E-state index in [4.69, 9.17) is 27.9 Å². The summed E-state index contributed by atoms with van der Waals surface area (Å²) in [6.45, 7) is 2.28. The van der Waals surface area contributed by atoms with Crippen molar-refractivity contribution >= 4 is 35.4 Å². The molecule has 1 aromatic heterocycles. The maximum Gasteiger partial charge on any atom is 0.249 e. The lowest BCUT2D eigenvalue weighted by molar-refractivity contribution is 0.318. The van der Waals surface area contributed by atoms with Crippen LogP contribution in [0, 0.1) is 0 Å². The van der Waals surface area contributed by atoms with Gasteiger partial charge in [-0.3, -0.25) is 0 Å². The Morgan fingerprint density at radius 3 is 2.67 bits per heavy atom. The second-order valence-corrected chi connectivity index (χ2v) is 4.40. The lowest BCUT2D eigenvalue weighted by Crippen LogP contribution is -1.99. The Kier molecular flexibility index (Phi) is 5.13. The second kappa shape index (κ2) is 7.05. The van der Waals surface area contributed by atoms with Gasteiger partial charge in [0.25, 0.3) is 0 Å². The Morgan fingerprint density at radius 1 is 1.29 bits per heavy atom. The van der Waals surface area contributed by atoms with Gasteiger partial charge in [0.2, 0.25) is 16.5 Å². The Hall–Kier alpha value is -2.12. The number of nitrogens with zero attached hydrogens (tertiary/aromatic N) is 4. The number of benzene rings is 1. The molecule has 0 saturated carbocycles. The second-order valence-electron chi connectivity index (χ2n) is 3.73. The molecule has 1 aromatic carbocycles. The number of hydrazone groups is 1. The minimum Gasteiger partial charge on any atom is -0.504 e. The van der Waals surface area contributed by atoms with Crippen LogP contribution in [0.25, 0.3) is 0 Å². The van der Waals surface area contributed by atoms with Crippen LogP contribution in [0.4, 0.5) is 5.95 Å². The van der Waals surface area contributed by atoms with Gasteiger partial charge in [-0.2, -0.15) is 20.1 Å². The number of ether oxygens (including phenoxy) is 1. The molecule has 0 aliphatic rings. The number of anilines is 1. The molecule has 0 saturated heterocycles. The molecule has 0 aliphatic heterocycles. The van der Waals surface area contributed by atoms with Crippen LogP contribution in [0.5, 0.6) is 11.5 Å². The van der Waals surface area contributed by atoms with Gasteiger partial charge in [-0.1, -0.05) is 0 Å². The molecule has 0 fully saturated rings. The highest BCUT2D eigenvalue weighted by atomic mass is 35.5. The summed E-state index contributed by atoms with van der Waals surface area (Å²) >= 11 is 11.3. The van der Waals surface area contributed by atoms with E-state index in [2.05, 4.69) is 25.5 Å². The summed E-state index contributed by atoms with van der Waals surface area (Å²) in [5, 5.41) is 13.5. The van der Waals surface area contributed by atoms with E-state index in [-0.39, 0.29) is 22.3 Å². The topological polar surface area (TPSA) is 92.5 Å². The molecule has 1 heterocycles. The smallest absolute Gasteiger partial charge is 0.249 e. The van der Waals surface area contributed by atoms with Gasteiger partial charge in [-0.05, 0) is 53.9 Å². The summed E-state index contributed by atoms with van der Waals surface area (Å²) in [7, 11) is 0. The molecule has 0 spiro atoms. The monoisotopic (exact) mass is 327 g/mol. The molecule has 2 aromatic rings. The van der Waals surface area contributed by atoms with Crippen LogP contribution in [-0.2, 0) is 0 Å². The minimum atomic E-state index is -0.0315. The standard InChI is InChI=1S/C12H11Cl2N5O2/c1-2-21-9-5-7(3-4-8(9)20)6-15-19-12-17-10(13)16-11(14)18-12/h3-6,20H,2H2,1H3,(H,16,17,18,19)/b15-6+. The Bertz CT molecular complexity index is 646. The zero-order valence-corrected chi connectivity index (χ0v) is 12.4. The Balaban J connectivity index is 2.09. The maximum absolute atomic E-state index is 9.59.